The molecule has 1 unspecified atom stereocenters. The SMILES string of the molecule is CO[C@@H](c1ccc(C)cc1)C(C)Nc1ncccc1NCCc1ccc(C)cc1. The molecule has 4 heteroatoms. The first-order chi connectivity index (χ1) is 14.1. The maximum absolute atomic E-state index is 5.79. The zero-order chi connectivity index (χ0) is 20.6. The summed E-state index contributed by atoms with van der Waals surface area (Å²) in [5, 5.41) is 7.05. The van der Waals surface area contributed by atoms with Crippen LogP contribution in [0.2, 0.25) is 0 Å². The lowest BCUT2D eigenvalue weighted by atomic mass is 10.0. The molecule has 2 atom stereocenters. The van der Waals surface area contributed by atoms with Gasteiger partial charge in [0.2, 0.25) is 0 Å². The summed E-state index contributed by atoms with van der Waals surface area (Å²) in [6.45, 7) is 7.18. The second-order valence-electron chi connectivity index (χ2n) is 7.56. The van der Waals surface area contributed by atoms with Crippen LogP contribution in [0.25, 0.3) is 0 Å². The lowest BCUT2D eigenvalue weighted by molar-refractivity contribution is 0.0907. The van der Waals surface area contributed by atoms with Crippen LogP contribution in [0.5, 0.6) is 0 Å². The molecule has 3 aromatic rings. The van der Waals surface area contributed by atoms with E-state index in [1.807, 2.05) is 12.3 Å². The predicted octanol–water partition coefficient (Wildman–Crippen LogP) is 5.54. The summed E-state index contributed by atoms with van der Waals surface area (Å²) in [6.07, 6.45) is 2.72. The summed E-state index contributed by atoms with van der Waals surface area (Å²) in [5.74, 6) is 0.845. The van der Waals surface area contributed by atoms with E-state index in [9.17, 15) is 0 Å². The van der Waals surface area contributed by atoms with Gasteiger partial charge in [0.25, 0.3) is 0 Å². The number of hydrogen-bond acceptors (Lipinski definition) is 4. The first-order valence-electron chi connectivity index (χ1n) is 10.2. The van der Waals surface area contributed by atoms with Crippen LogP contribution < -0.4 is 10.6 Å². The number of aromatic nitrogens is 1. The fourth-order valence-corrected chi connectivity index (χ4v) is 3.44. The molecule has 2 aromatic carbocycles. The van der Waals surface area contributed by atoms with Crippen molar-refractivity contribution < 1.29 is 4.74 Å². The highest BCUT2D eigenvalue weighted by atomic mass is 16.5. The number of anilines is 2. The fraction of sp³-hybridized carbons (Fsp3) is 0.320. The predicted molar refractivity (Wildman–Crippen MR) is 122 cm³/mol. The van der Waals surface area contributed by atoms with Crippen molar-refractivity contribution in [2.24, 2.45) is 0 Å². The summed E-state index contributed by atoms with van der Waals surface area (Å²) in [6, 6.07) is 21.3. The van der Waals surface area contributed by atoms with Crippen molar-refractivity contribution in [2.45, 2.75) is 39.3 Å². The molecule has 1 heterocycles. The molecule has 3 rings (SSSR count). The molecule has 4 nitrogen and oxygen atoms in total. The molecular weight excluding hydrogens is 358 g/mol. The van der Waals surface area contributed by atoms with E-state index in [0.717, 1.165) is 30.0 Å². The largest absolute Gasteiger partial charge is 0.382 e. The van der Waals surface area contributed by atoms with E-state index in [4.69, 9.17) is 4.74 Å². The standard InChI is InChI=1S/C25H31N3O/c1-18-7-11-21(12-8-18)15-17-26-23-6-5-16-27-25(23)28-20(3)24(29-4)22-13-9-19(2)10-14-22/h5-14,16,20,24,26H,15,17H2,1-4H3,(H,27,28)/t20?,24-/m1/s1. The minimum Gasteiger partial charge on any atom is -0.382 e. The van der Waals surface area contributed by atoms with E-state index >= 15 is 0 Å². The molecule has 1 aromatic heterocycles. The molecule has 0 aliphatic rings. The molecule has 2 N–H and O–H groups in total. The summed E-state index contributed by atoms with van der Waals surface area (Å²) < 4.78 is 5.79. The minimum atomic E-state index is -0.0574. The number of pyridine rings is 1. The third-order valence-electron chi connectivity index (χ3n) is 5.14. The summed E-state index contributed by atoms with van der Waals surface area (Å²) in [5.41, 5.74) is 6.02. The highest BCUT2D eigenvalue weighted by molar-refractivity contribution is 5.64. The van der Waals surface area contributed by atoms with Crippen LogP contribution in [0, 0.1) is 13.8 Å². The molecule has 0 radical (unpaired) electrons. The second kappa shape index (κ2) is 10.1. The Kier molecular flexibility index (Phi) is 7.25. The van der Waals surface area contributed by atoms with Gasteiger partial charge in [-0.15, -0.1) is 0 Å². The average molecular weight is 390 g/mol. The number of ether oxygens (including phenoxy) is 1. The molecule has 0 saturated carbocycles. The molecule has 0 spiro atoms. The van der Waals surface area contributed by atoms with Gasteiger partial charge in [-0.3, -0.25) is 0 Å². The third-order valence-corrected chi connectivity index (χ3v) is 5.14. The quantitative estimate of drug-likeness (QED) is 0.504. The van der Waals surface area contributed by atoms with Gasteiger partial charge >= 0.3 is 0 Å². The molecule has 0 fully saturated rings. The van der Waals surface area contributed by atoms with E-state index < -0.39 is 0 Å². The molecule has 29 heavy (non-hydrogen) atoms. The number of rotatable bonds is 9. The van der Waals surface area contributed by atoms with E-state index in [1.165, 1.54) is 16.7 Å². The molecule has 152 valence electrons. The van der Waals surface area contributed by atoms with Gasteiger partial charge in [0, 0.05) is 19.9 Å². The smallest absolute Gasteiger partial charge is 0.149 e. The van der Waals surface area contributed by atoms with Gasteiger partial charge in [-0.05, 0) is 50.5 Å². The molecule has 0 saturated heterocycles. The molecule has 0 amide bonds. The zero-order valence-corrected chi connectivity index (χ0v) is 17.8. The van der Waals surface area contributed by atoms with Crippen LogP contribution in [0.15, 0.2) is 66.9 Å². The van der Waals surface area contributed by atoms with Gasteiger partial charge in [-0.25, -0.2) is 4.98 Å². The number of nitrogens with zero attached hydrogens (tertiary/aromatic N) is 1. The first kappa shape index (κ1) is 20.9. The van der Waals surface area contributed by atoms with Gasteiger partial charge in [-0.2, -0.15) is 0 Å². The Hall–Kier alpha value is -2.85. The van der Waals surface area contributed by atoms with E-state index in [0.29, 0.717) is 0 Å². The molecule has 0 aliphatic carbocycles. The van der Waals surface area contributed by atoms with E-state index in [2.05, 4.69) is 91.0 Å². The Labute approximate surface area is 174 Å². The topological polar surface area (TPSA) is 46.2 Å². The Balaban J connectivity index is 1.64. The Morgan fingerprint density at radius 2 is 1.59 bits per heavy atom. The highest BCUT2D eigenvalue weighted by Crippen LogP contribution is 2.26. The van der Waals surface area contributed by atoms with Crippen molar-refractivity contribution in [3.8, 4) is 0 Å². The first-order valence-corrected chi connectivity index (χ1v) is 10.2. The molecule has 0 bridgehead atoms. The van der Waals surface area contributed by atoms with Crippen molar-refractivity contribution in [1.82, 2.24) is 4.98 Å². The van der Waals surface area contributed by atoms with Crippen LogP contribution in [-0.4, -0.2) is 24.7 Å². The van der Waals surface area contributed by atoms with E-state index in [-0.39, 0.29) is 12.1 Å². The monoisotopic (exact) mass is 389 g/mol. The van der Waals surface area contributed by atoms with Gasteiger partial charge in [0.15, 0.2) is 0 Å². The summed E-state index contributed by atoms with van der Waals surface area (Å²) >= 11 is 0. The summed E-state index contributed by atoms with van der Waals surface area (Å²) in [4.78, 5) is 4.55. The van der Waals surface area contributed by atoms with Crippen molar-refractivity contribution >= 4 is 11.5 Å². The lowest BCUT2D eigenvalue weighted by Gasteiger charge is -2.25. The van der Waals surface area contributed by atoms with Crippen molar-refractivity contribution in [3.05, 3.63) is 89.1 Å². The molecular formula is C25H31N3O. The van der Waals surface area contributed by atoms with Gasteiger partial charge in [0.05, 0.1) is 11.7 Å². The van der Waals surface area contributed by atoms with Crippen LogP contribution in [-0.2, 0) is 11.2 Å². The van der Waals surface area contributed by atoms with Crippen molar-refractivity contribution in [2.75, 3.05) is 24.3 Å². The number of aryl methyl sites for hydroxylation is 2. The Morgan fingerprint density at radius 3 is 2.24 bits per heavy atom. The van der Waals surface area contributed by atoms with Gasteiger partial charge in [-0.1, -0.05) is 59.7 Å². The number of nitrogens with one attached hydrogen (secondary N) is 2. The van der Waals surface area contributed by atoms with Gasteiger partial charge in [0.1, 0.15) is 11.9 Å². The Bertz CT molecular complexity index is 891. The van der Waals surface area contributed by atoms with Crippen LogP contribution in [0.3, 0.4) is 0 Å². The zero-order valence-electron chi connectivity index (χ0n) is 17.8. The average Bonchev–Trinajstić information content (AvgIpc) is 2.73. The van der Waals surface area contributed by atoms with Crippen LogP contribution >= 0.6 is 0 Å². The van der Waals surface area contributed by atoms with Crippen LogP contribution in [0.1, 0.15) is 35.3 Å². The maximum Gasteiger partial charge on any atom is 0.149 e. The maximum atomic E-state index is 5.79. The molecule has 0 aliphatic heterocycles. The highest BCUT2D eigenvalue weighted by Gasteiger charge is 2.20. The van der Waals surface area contributed by atoms with E-state index in [1.54, 1.807) is 7.11 Å². The fourth-order valence-electron chi connectivity index (χ4n) is 3.44. The van der Waals surface area contributed by atoms with Crippen molar-refractivity contribution in [3.63, 3.8) is 0 Å². The van der Waals surface area contributed by atoms with Crippen molar-refractivity contribution in [1.29, 1.82) is 0 Å². The lowest BCUT2D eigenvalue weighted by Crippen LogP contribution is -2.26. The number of benzene rings is 2. The second-order valence-corrected chi connectivity index (χ2v) is 7.56. The summed E-state index contributed by atoms with van der Waals surface area (Å²) in [7, 11) is 1.75. The number of hydrogen-bond donors (Lipinski definition) is 2. The third kappa shape index (κ3) is 5.81. The Morgan fingerprint density at radius 1 is 0.931 bits per heavy atom. The van der Waals surface area contributed by atoms with Gasteiger partial charge < -0.3 is 15.4 Å². The normalized spacial score (nSPS) is 13.0. The number of methoxy groups -OCH3 is 1. The minimum absolute atomic E-state index is 0.0574. The van der Waals surface area contributed by atoms with Crippen LogP contribution in [0.4, 0.5) is 11.5 Å².